The lowest BCUT2D eigenvalue weighted by Crippen LogP contribution is -2.24. The molecular formula is C12H17N3O2S. The van der Waals surface area contributed by atoms with Gasteiger partial charge in [0.2, 0.25) is 0 Å². The molecule has 2 rings (SSSR count). The first-order valence-corrected chi connectivity index (χ1v) is 6.13. The molecule has 0 saturated carbocycles. The van der Waals surface area contributed by atoms with E-state index >= 15 is 0 Å². The van der Waals surface area contributed by atoms with Crippen molar-refractivity contribution in [2.75, 3.05) is 20.8 Å². The number of fused-ring (bicyclic) bond motifs is 1. The normalized spacial score (nSPS) is 13.1. The van der Waals surface area contributed by atoms with Crippen molar-refractivity contribution in [3.05, 3.63) is 22.6 Å². The van der Waals surface area contributed by atoms with Crippen LogP contribution in [0.25, 0.3) is 11.2 Å². The number of H-pyrrole nitrogens is 1. The molecule has 0 saturated heterocycles. The lowest BCUT2D eigenvalue weighted by Gasteiger charge is -2.15. The molecule has 2 aromatic heterocycles. The number of aryl methyl sites for hydroxylation is 1. The van der Waals surface area contributed by atoms with E-state index in [1.807, 2.05) is 23.8 Å². The van der Waals surface area contributed by atoms with Crippen molar-refractivity contribution in [3.63, 3.8) is 0 Å². The number of imidazole rings is 1. The van der Waals surface area contributed by atoms with Gasteiger partial charge in [0.1, 0.15) is 0 Å². The number of nitrogens with one attached hydrogen (secondary N) is 1. The van der Waals surface area contributed by atoms with Gasteiger partial charge < -0.3 is 14.5 Å². The van der Waals surface area contributed by atoms with E-state index in [-0.39, 0.29) is 6.10 Å². The van der Waals surface area contributed by atoms with E-state index in [9.17, 15) is 0 Å². The smallest absolute Gasteiger partial charge is 0.179 e. The molecule has 5 nitrogen and oxygen atoms in total. The van der Waals surface area contributed by atoms with Gasteiger partial charge >= 0.3 is 0 Å². The highest BCUT2D eigenvalue weighted by Gasteiger charge is 2.12. The highest BCUT2D eigenvalue weighted by Crippen LogP contribution is 2.14. The number of aromatic amines is 1. The Kier molecular flexibility index (Phi) is 4.11. The second kappa shape index (κ2) is 5.60. The molecule has 98 valence electrons. The third-order valence-electron chi connectivity index (χ3n) is 2.82. The Morgan fingerprint density at radius 1 is 1.50 bits per heavy atom. The minimum Gasteiger partial charge on any atom is -0.382 e. The molecule has 0 fully saturated rings. The molecule has 0 spiro atoms. The lowest BCUT2D eigenvalue weighted by molar-refractivity contribution is 0.0187. The largest absolute Gasteiger partial charge is 0.382 e. The molecule has 0 aliphatic carbocycles. The van der Waals surface area contributed by atoms with Gasteiger partial charge in [0.15, 0.2) is 10.4 Å². The summed E-state index contributed by atoms with van der Waals surface area (Å²) in [5.41, 5.74) is 2.90. The average molecular weight is 267 g/mol. The third-order valence-corrected chi connectivity index (χ3v) is 3.14. The molecule has 0 aliphatic rings. The van der Waals surface area contributed by atoms with Gasteiger partial charge in [-0.15, -0.1) is 0 Å². The summed E-state index contributed by atoms with van der Waals surface area (Å²) >= 11 is 5.32. The Balaban J connectivity index is 2.38. The van der Waals surface area contributed by atoms with Gasteiger partial charge in [-0.25, -0.2) is 4.98 Å². The topological polar surface area (TPSA) is 52.1 Å². The van der Waals surface area contributed by atoms with Crippen molar-refractivity contribution >= 4 is 23.4 Å². The Hall–Kier alpha value is -1.24. The van der Waals surface area contributed by atoms with Gasteiger partial charge in [-0.3, -0.25) is 4.57 Å². The molecule has 0 amide bonds. The predicted octanol–water partition coefficient (Wildman–Crippen LogP) is 2.06. The minimum atomic E-state index is -0.0381. The van der Waals surface area contributed by atoms with Crippen molar-refractivity contribution in [1.29, 1.82) is 0 Å². The molecule has 2 aromatic rings. The van der Waals surface area contributed by atoms with Gasteiger partial charge in [0.05, 0.1) is 24.8 Å². The van der Waals surface area contributed by atoms with Crippen LogP contribution in [0.1, 0.15) is 5.56 Å². The number of aromatic nitrogens is 3. The van der Waals surface area contributed by atoms with Crippen LogP contribution in [0.2, 0.25) is 0 Å². The SMILES string of the molecule is COCC(Cn1c(=S)[nH]c2cc(C)cnc21)OC. The monoisotopic (exact) mass is 267 g/mol. The van der Waals surface area contributed by atoms with Crippen LogP contribution in [0.4, 0.5) is 0 Å². The third kappa shape index (κ3) is 2.60. The first-order chi connectivity index (χ1) is 8.65. The Morgan fingerprint density at radius 3 is 2.94 bits per heavy atom. The van der Waals surface area contributed by atoms with Crippen molar-refractivity contribution in [3.8, 4) is 0 Å². The number of pyridine rings is 1. The van der Waals surface area contributed by atoms with Crippen molar-refractivity contribution in [2.24, 2.45) is 0 Å². The Labute approximate surface area is 111 Å². The van der Waals surface area contributed by atoms with Crippen LogP contribution < -0.4 is 0 Å². The standard InChI is InChI=1S/C12H17N3O2S/c1-8-4-10-11(13-5-8)15(12(18)14-10)6-9(17-3)7-16-2/h4-5,9H,6-7H2,1-3H3,(H,14,18). The molecule has 0 radical (unpaired) electrons. The zero-order valence-electron chi connectivity index (χ0n) is 10.8. The molecule has 1 unspecified atom stereocenters. The van der Waals surface area contributed by atoms with E-state index < -0.39 is 0 Å². The van der Waals surface area contributed by atoms with Crippen molar-refractivity contribution in [2.45, 2.75) is 19.6 Å². The van der Waals surface area contributed by atoms with Crippen molar-refractivity contribution in [1.82, 2.24) is 14.5 Å². The van der Waals surface area contributed by atoms with E-state index in [2.05, 4.69) is 9.97 Å². The molecule has 1 atom stereocenters. The molecule has 0 aromatic carbocycles. The summed E-state index contributed by atoms with van der Waals surface area (Å²) in [7, 11) is 3.32. The van der Waals surface area contributed by atoms with E-state index in [4.69, 9.17) is 21.7 Å². The van der Waals surface area contributed by atoms with Gasteiger partial charge in [0, 0.05) is 20.4 Å². The fraction of sp³-hybridized carbons (Fsp3) is 0.500. The molecule has 1 N–H and O–H groups in total. The van der Waals surface area contributed by atoms with Crippen LogP contribution in [0.3, 0.4) is 0 Å². The second-order valence-electron chi connectivity index (χ2n) is 4.24. The quantitative estimate of drug-likeness (QED) is 0.843. The number of rotatable bonds is 5. The van der Waals surface area contributed by atoms with Gasteiger partial charge in [-0.1, -0.05) is 0 Å². The molecule has 2 heterocycles. The van der Waals surface area contributed by atoms with Gasteiger partial charge in [-0.2, -0.15) is 0 Å². The molecule has 0 aliphatic heterocycles. The summed E-state index contributed by atoms with van der Waals surface area (Å²) in [6.45, 7) is 3.15. The van der Waals surface area contributed by atoms with Crippen LogP contribution in [-0.4, -0.2) is 41.5 Å². The van der Waals surface area contributed by atoms with Crippen LogP contribution in [0.5, 0.6) is 0 Å². The maximum absolute atomic E-state index is 5.36. The Morgan fingerprint density at radius 2 is 2.28 bits per heavy atom. The molecular weight excluding hydrogens is 250 g/mol. The fourth-order valence-electron chi connectivity index (χ4n) is 1.90. The summed E-state index contributed by atoms with van der Waals surface area (Å²) in [6.07, 6.45) is 1.79. The maximum Gasteiger partial charge on any atom is 0.179 e. The van der Waals surface area contributed by atoms with Crippen LogP contribution in [-0.2, 0) is 16.0 Å². The van der Waals surface area contributed by atoms with E-state index in [1.165, 1.54) is 0 Å². The lowest BCUT2D eigenvalue weighted by atomic mass is 10.3. The number of methoxy groups -OCH3 is 2. The predicted molar refractivity (Wildman–Crippen MR) is 72.3 cm³/mol. The van der Waals surface area contributed by atoms with Crippen LogP contribution >= 0.6 is 12.2 Å². The minimum absolute atomic E-state index is 0.0381. The van der Waals surface area contributed by atoms with Crippen LogP contribution in [0, 0.1) is 11.7 Å². The average Bonchev–Trinajstić information content (AvgIpc) is 2.64. The zero-order chi connectivity index (χ0) is 13.1. The maximum atomic E-state index is 5.36. The summed E-state index contributed by atoms with van der Waals surface area (Å²) in [5.74, 6) is 0. The number of hydrogen-bond donors (Lipinski definition) is 1. The summed E-state index contributed by atoms with van der Waals surface area (Å²) in [4.78, 5) is 7.58. The highest BCUT2D eigenvalue weighted by atomic mass is 32.1. The first-order valence-electron chi connectivity index (χ1n) is 5.72. The number of ether oxygens (including phenoxy) is 2. The van der Waals surface area contributed by atoms with Crippen LogP contribution in [0.15, 0.2) is 12.3 Å². The highest BCUT2D eigenvalue weighted by molar-refractivity contribution is 7.71. The summed E-state index contributed by atoms with van der Waals surface area (Å²) in [6, 6.07) is 2.03. The summed E-state index contributed by atoms with van der Waals surface area (Å²) < 4.78 is 13.1. The second-order valence-corrected chi connectivity index (χ2v) is 4.62. The number of nitrogens with zero attached hydrogens (tertiary/aromatic N) is 2. The molecule has 18 heavy (non-hydrogen) atoms. The number of hydrogen-bond acceptors (Lipinski definition) is 4. The van der Waals surface area contributed by atoms with Crippen molar-refractivity contribution < 1.29 is 9.47 Å². The first kappa shape index (κ1) is 13.2. The summed E-state index contributed by atoms with van der Waals surface area (Å²) in [5, 5.41) is 0. The van der Waals surface area contributed by atoms with E-state index in [0.29, 0.717) is 17.9 Å². The van der Waals surface area contributed by atoms with E-state index in [0.717, 1.165) is 16.7 Å². The van der Waals surface area contributed by atoms with Gasteiger partial charge in [0.25, 0.3) is 0 Å². The fourth-order valence-corrected chi connectivity index (χ4v) is 2.17. The zero-order valence-corrected chi connectivity index (χ0v) is 11.6. The van der Waals surface area contributed by atoms with E-state index in [1.54, 1.807) is 14.2 Å². The molecule has 6 heteroatoms. The Bertz CT molecular complexity index is 591. The van der Waals surface area contributed by atoms with Gasteiger partial charge in [-0.05, 0) is 30.8 Å². The molecule has 0 bridgehead atoms.